The molecule has 1 atom stereocenters. The lowest BCUT2D eigenvalue weighted by atomic mass is 10.1. The van der Waals surface area contributed by atoms with Crippen LogP contribution in [0.5, 0.6) is 0 Å². The Hall–Kier alpha value is -0.170. The Morgan fingerprint density at radius 2 is 2.19 bits per heavy atom. The van der Waals surface area contributed by atoms with Gasteiger partial charge in [-0.3, -0.25) is 0 Å². The van der Waals surface area contributed by atoms with E-state index in [1.165, 1.54) is 8.61 Å². The highest BCUT2D eigenvalue weighted by molar-refractivity contribution is 7.86. The van der Waals surface area contributed by atoms with Crippen LogP contribution in [0.1, 0.15) is 32.6 Å². The van der Waals surface area contributed by atoms with E-state index in [4.69, 9.17) is 5.73 Å². The van der Waals surface area contributed by atoms with Crippen molar-refractivity contribution in [2.45, 2.75) is 38.6 Å². The molecule has 0 spiro atoms. The lowest BCUT2D eigenvalue weighted by Gasteiger charge is -2.32. The summed E-state index contributed by atoms with van der Waals surface area (Å²) in [6.07, 6.45) is 3.68. The van der Waals surface area contributed by atoms with E-state index in [0.29, 0.717) is 19.6 Å². The second-order valence-corrected chi connectivity index (χ2v) is 6.48. The smallest absolute Gasteiger partial charge is 0.281 e. The first-order chi connectivity index (χ1) is 7.48. The van der Waals surface area contributed by atoms with Crippen LogP contribution >= 0.6 is 0 Å². The van der Waals surface area contributed by atoms with Gasteiger partial charge < -0.3 is 5.73 Å². The number of unbranched alkanes of at least 4 members (excludes halogenated alkanes) is 1. The Morgan fingerprint density at radius 1 is 1.50 bits per heavy atom. The quantitative estimate of drug-likeness (QED) is 0.766. The van der Waals surface area contributed by atoms with Crippen LogP contribution in [0.25, 0.3) is 0 Å². The molecule has 16 heavy (non-hydrogen) atoms. The normalized spacial score (nSPS) is 23.9. The Morgan fingerprint density at radius 3 is 2.75 bits per heavy atom. The van der Waals surface area contributed by atoms with Crippen LogP contribution in [0.4, 0.5) is 0 Å². The molecule has 0 unspecified atom stereocenters. The van der Waals surface area contributed by atoms with Gasteiger partial charge in [-0.1, -0.05) is 13.3 Å². The summed E-state index contributed by atoms with van der Waals surface area (Å²) in [6.45, 7) is 3.70. The van der Waals surface area contributed by atoms with Gasteiger partial charge in [0.05, 0.1) is 0 Å². The predicted molar refractivity (Wildman–Crippen MR) is 65.2 cm³/mol. The van der Waals surface area contributed by atoms with Gasteiger partial charge in [-0.15, -0.1) is 0 Å². The van der Waals surface area contributed by atoms with E-state index < -0.39 is 10.2 Å². The van der Waals surface area contributed by atoms with Crippen molar-refractivity contribution in [1.29, 1.82) is 0 Å². The zero-order chi connectivity index (χ0) is 12.2. The number of nitrogens with two attached hydrogens (primary N) is 1. The van der Waals surface area contributed by atoms with E-state index in [9.17, 15) is 8.42 Å². The zero-order valence-electron chi connectivity index (χ0n) is 10.2. The van der Waals surface area contributed by atoms with Crippen molar-refractivity contribution in [1.82, 2.24) is 8.61 Å². The third-order valence-electron chi connectivity index (χ3n) is 2.97. The fourth-order valence-corrected chi connectivity index (χ4v) is 3.37. The maximum absolute atomic E-state index is 12.1. The number of nitrogens with zero attached hydrogens (tertiary/aromatic N) is 2. The van der Waals surface area contributed by atoms with Crippen molar-refractivity contribution in [3.8, 4) is 0 Å². The molecule has 0 aromatic heterocycles. The highest BCUT2D eigenvalue weighted by Gasteiger charge is 2.30. The van der Waals surface area contributed by atoms with Gasteiger partial charge in [-0.2, -0.15) is 17.0 Å². The van der Waals surface area contributed by atoms with Gasteiger partial charge >= 0.3 is 0 Å². The van der Waals surface area contributed by atoms with Gasteiger partial charge in [0.25, 0.3) is 10.2 Å². The molecule has 0 radical (unpaired) electrons. The molecular weight excluding hydrogens is 226 g/mol. The third kappa shape index (κ3) is 3.41. The number of rotatable bonds is 5. The van der Waals surface area contributed by atoms with Gasteiger partial charge in [-0.25, -0.2) is 0 Å². The fourth-order valence-electron chi connectivity index (χ4n) is 1.88. The largest absolute Gasteiger partial charge is 0.327 e. The van der Waals surface area contributed by atoms with Crippen molar-refractivity contribution in [3.05, 3.63) is 0 Å². The molecule has 5 nitrogen and oxygen atoms in total. The molecule has 0 aromatic carbocycles. The minimum atomic E-state index is -3.28. The Bertz CT molecular complexity index is 305. The third-order valence-corrected chi connectivity index (χ3v) is 4.92. The second kappa shape index (κ2) is 5.95. The summed E-state index contributed by atoms with van der Waals surface area (Å²) in [4.78, 5) is 0. The summed E-state index contributed by atoms with van der Waals surface area (Å²) >= 11 is 0. The molecule has 0 bridgehead atoms. The Labute approximate surface area is 98.8 Å². The van der Waals surface area contributed by atoms with Crippen molar-refractivity contribution in [2.75, 3.05) is 26.7 Å². The fraction of sp³-hybridized carbons (Fsp3) is 1.00. The van der Waals surface area contributed by atoms with E-state index >= 15 is 0 Å². The Kier molecular flexibility index (Phi) is 5.17. The maximum Gasteiger partial charge on any atom is 0.281 e. The minimum absolute atomic E-state index is 0.0110. The van der Waals surface area contributed by atoms with Crippen LogP contribution in [-0.2, 0) is 10.2 Å². The van der Waals surface area contributed by atoms with Crippen LogP contribution in [0.3, 0.4) is 0 Å². The van der Waals surface area contributed by atoms with Crippen molar-refractivity contribution in [2.24, 2.45) is 5.73 Å². The maximum atomic E-state index is 12.1. The molecule has 2 N–H and O–H groups in total. The molecule has 1 saturated heterocycles. The van der Waals surface area contributed by atoms with E-state index in [2.05, 4.69) is 6.92 Å². The SMILES string of the molecule is CCCCN(C)S(=O)(=O)N1CCC[C@@H](N)C1. The lowest BCUT2D eigenvalue weighted by Crippen LogP contribution is -2.50. The molecule has 1 heterocycles. The van der Waals surface area contributed by atoms with E-state index in [1.54, 1.807) is 7.05 Å². The molecule has 0 saturated carbocycles. The molecule has 1 rings (SSSR count). The second-order valence-electron chi connectivity index (χ2n) is 4.44. The van der Waals surface area contributed by atoms with Gasteiger partial charge in [0.2, 0.25) is 0 Å². The molecule has 96 valence electrons. The molecule has 0 amide bonds. The summed E-state index contributed by atoms with van der Waals surface area (Å²) in [7, 11) is -1.64. The summed E-state index contributed by atoms with van der Waals surface area (Å²) in [5.74, 6) is 0. The van der Waals surface area contributed by atoms with Gasteiger partial charge in [0.1, 0.15) is 0 Å². The number of hydrogen-bond donors (Lipinski definition) is 1. The molecule has 0 aromatic rings. The summed E-state index contributed by atoms with van der Waals surface area (Å²) < 4.78 is 27.2. The molecule has 1 aliphatic rings. The summed E-state index contributed by atoms with van der Waals surface area (Å²) in [5, 5.41) is 0. The van der Waals surface area contributed by atoms with Crippen LogP contribution in [0.15, 0.2) is 0 Å². The van der Waals surface area contributed by atoms with Gasteiger partial charge in [-0.05, 0) is 19.3 Å². The lowest BCUT2D eigenvalue weighted by molar-refractivity contribution is 0.292. The topological polar surface area (TPSA) is 66.6 Å². The average Bonchev–Trinajstić information content (AvgIpc) is 2.25. The summed E-state index contributed by atoms with van der Waals surface area (Å²) in [6, 6.07) is -0.0110. The monoisotopic (exact) mass is 249 g/mol. The van der Waals surface area contributed by atoms with E-state index in [0.717, 1.165) is 25.7 Å². The Balaban J connectivity index is 2.61. The van der Waals surface area contributed by atoms with Crippen LogP contribution < -0.4 is 5.73 Å². The zero-order valence-corrected chi connectivity index (χ0v) is 11.0. The van der Waals surface area contributed by atoms with Gasteiger partial charge in [0.15, 0.2) is 0 Å². The van der Waals surface area contributed by atoms with Crippen molar-refractivity contribution in [3.63, 3.8) is 0 Å². The van der Waals surface area contributed by atoms with Crippen molar-refractivity contribution >= 4 is 10.2 Å². The summed E-state index contributed by atoms with van der Waals surface area (Å²) in [5.41, 5.74) is 5.80. The average molecular weight is 249 g/mol. The minimum Gasteiger partial charge on any atom is -0.327 e. The van der Waals surface area contributed by atoms with E-state index in [-0.39, 0.29) is 6.04 Å². The standard InChI is InChI=1S/C10H23N3O2S/c1-3-4-7-12(2)16(14,15)13-8-5-6-10(11)9-13/h10H,3-9,11H2,1-2H3/t10-/m1/s1. The molecule has 0 aliphatic carbocycles. The first kappa shape index (κ1) is 13.9. The first-order valence-electron chi connectivity index (χ1n) is 5.95. The van der Waals surface area contributed by atoms with Crippen LogP contribution in [-0.4, -0.2) is 49.8 Å². The van der Waals surface area contributed by atoms with Crippen LogP contribution in [0.2, 0.25) is 0 Å². The number of piperidine rings is 1. The molecule has 1 aliphatic heterocycles. The number of hydrogen-bond acceptors (Lipinski definition) is 3. The predicted octanol–water partition coefficient (Wildman–Crippen LogP) is 0.386. The van der Waals surface area contributed by atoms with E-state index in [1.807, 2.05) is 0 Å². The van der Waals surface area contributed by atoms with Crippen molar-refractivity contribution < 1.29 is 8.42 Å². The van der Waals surface area contributed by atoms with Crippen LogP contribution in [0, 0.1) is 0 Å². The molecular formula is C10H23N3O2S. The molecule has 1 fully saturated rings. The molecule has 6 heteroatoms. The highest BCUT2D eigenvalue weighted by atomic mass is 32.2. The van der Waals surface area contributed by atoms with Gasteiger partial charge in [0, 0.05) is 32.7 Å². The highest BCUT2D eigenvalue weighted by Crippen LogP contribution is 2.15. The first-order valence-corrected chi connectivity index (χ1v) is 7.35.